The van der Waals surface area contributed by atoms with Crippen LogP contribution in [-0.2, 0) is 9.59 Å². The highest BCUT2D eigenvalue weighted by atomic mass is 79.9. The molecule has 0 radical (unpaired) electrons. The van der Waals surface area contributed by atoms with E-state index in [9.17, 15) is 19.5 Å². The third-order valence-electron chi connectivity index (χ3n) is 3.79. The van der Waals surface area contributed by atoms with E-state index in [1.807, 2.05) is 0 Å². The largest absolute Gasteiger partial charge is 0.507 e. The van der Waals surface area contributed by atoms with E-state index in [0.29, 0.717) is 16.3 Å². The van der Waals surface area contributed by atoms with Crippen LogP contribution in [0.25, 0.3) is 6.08 Å². The summed E-state index contributed by atoms with van der Waals surface area (Å²) < 4.78 is 0.791. The van der Waals surface area contributed by atoms with Gasteiger partial charge in [-0.25, -0.2) is 9.69 Å². The first-order valence-electron chi connectivity index (χ1n) is 7.44. The number of amides is 4. The van der Waals surface area contributed by atoms with E-state index >= 15 is 0 Å². The SMILES string of the molecule is Cc1cc(Br)ccc1N1C(=O)NC(=O)/C(=C/c2cc(Cl)ccc2O)C1=O. The number of imide groups is 2. The Balaban J connectivity index is 2.08. The Morgan fingerprint density at radius 2 is 1.88 bits per heavy atom. The number of halogens is 2. The molecule has 0 unspecified atom stereocenters. The Morgan fingerprint density at radius 3 is 2.58 bits per heavy atom. The lowest BCUT2D eigenvalue weighted by Crippen LogP contribution is -2.54. The minimum absolute atomic E-state index is 0.147. The highest BCUT2D eigenvalue weighted by Gasteiger charge is 2.37. The van der Waals surface area contributed by atoms with Crippen molar-refractivity contribution in [2.45, 2.75) is 6.92 Å². The molecular weight excluding hydrogens is 424 g/mol. The molecule has 2 N–H and O–H groups in total. The number of nitrogens with one attached hydrogen (secondary N) is 1. The van der Waals surface area contributed by atoms with Crippen molar-refractivity contribution < 1.29 is 19.5 Å². The van der Waals surface area contributed by atoms with Crippen molar-refractivity contribution in [2.75, 3.05) is 4.90 Å². The number of carbonyl (C=O) groups excluding carboxylic acids is 3. The van der Waals surface area contributed by atoms with E-state index in [0.717, 1.165) is 9.37 Å². The van der Waals surface area contributed by atoms with Crippen LogP contribution in [0, 0.1) is 6.92 Å². The number of nitrogens with zero attached hydrogens (tertiary/aromatic N) is 1. The first-order valence-corrected chi connectivity index (χ1v) is 8.61. The number of carbonyl (C=O) groups is 3. The number of anilines is 1. The molecule has 0 aliphatic carbocycles. The summed E-state index contributed by atoms with van der Waals surface area (Å²) in [5.41, 5.74) is 0.925. The Bertz CT molecular complexity index is 987. The van der Waals surface area contributed by atoms with Gasteiger partial charge < -0.3 is 5.11 Å². The molecule has 8 heteroatoms. The standard InChI is InChI=1S/C18H12BrClN2O4/c1-9-6-11(19)2-4-14(9)22-17(25)13(16(24)21-18(22)26)8-10-7-12(20)3-5-15(10)23/h2-8,23H,1H3,(H,21,24,26)/b13-8-. The van der Waals surface area contributed by atoms with Crippen LogP contribution in [0.1, 0.15) is 11.1 Å². The molecule has 132 valence electrons. The Morgan fingerprint density at radius 1 is 1.15 bits per heavy atom. The summed E-state index contributed by atoms with van der Waals surface area (Å²) in [6, 6.07) is 8.43. The Hall–Kier alpha value is -2.64. The third-order valence-corrected chi connectivity index (χ3v) is 4.52. The monoisotopic (exact) mass is 434 g/mol. The molecule has 0 saturated carbocycles. The van der Waals surface area contributed by atoms with Gasteiger partial charge in [0.05, 0.1) is 5.69 Å². The third kappa shape index (κ3) is 3.36. The molecule has 1 aliphatic rings. The molecular formula is C18H12BrClN2O4. The van der Waals surface area contributed by atoms with Crippen molar-refractivity contribution >= 4 is 57.1 Å². The summed E-state index contributed by atoms with van der Waals surface area (Å²) in [6.45, 7) is 1.74. The van der Waals surface area contributed by atoms with Crippen LogP contribution < -0.4 is 10.2 Å². The van der Waals surface area contributed by atoms with Crippen LogP contribution in [0.15, 0.2) is 46.4 Å². The van der Waals surface area contributed by atoms with E-state index in [2.05, 4.69) is 21.2 Å². The molecule has 6 nitrogen and oxygen atoms in total. The van der Waals surface area contributed by atoms with Gasteiger partial charge >= 0.3 is 6.03 Å². The number of phenolic OH excluding ortho intramolecular Hbond substituents is 1. The van der Waals surface area contributed by atoms with Gasteiger partial charge in [-0.2, -0.15) is 0 Å². The van der Waals surface area contributed by atoms with Crippen LogP contribution in [0.4, 0.5) is 10.5 Å². The summed E-state index contributed by atoms with van der Waals surface area (Å²) in [5.74, 6) is -1.78. The van der Waals surface area contributed by atoms with Crippen LogP contribution in [0.5, 0.6) is 5.75 Å². The van der Waals surface area contributed by atoms with E-state index in [1.165, 1.54) is 24.3 Å². The van der Waals surface area contributed by atoms with Crippen LogP contribution in [0.3, 0.4) is 0 Å². The second-order valence-corrected chi connectivity index (χ2v) is 6.94. The number of hydrogen-bond acceptors (Lipinski definition) is 4. The van der Waals surface area contributed by atoms with Gasteiger partial charge in [-0.1, -0.05) is 27.5 Å². The minimum Gasteiger partial charge on any atom is -0.507 e. The molecule has 2 aromatic carbocycles. The van der Waals surface area contributed by atoms with E-state index < -0.39 is 17.8 Å². The van der Waals surface area contributed by atoms with Gasteiger partial charge in [0, 0.05) is 15.1 Å². The predicted octanol–water partition coefficient (Wildman–Crippen LogP) is 3.78. The maximum Gasteiger partial charge on any atom is 0.335 e. The molecule has 26 heavy (non-hydrogen) atoms. The van der Waals surface area contributed by atoms with Gasteiger partial charge in [0.15, 0.2) is 0 Å². The summed E-state index contributed by atoms with van der Waals surface area (Å²) in [6.07, 6.45) is 1.20. The zero-order valence-electron chi connectivity index (χ0n) is 13.4. The topological polar surface area (TPSA) is 86.7 Å². The molecule has 1 fully saturated rings. The van der Waals surface area contributed by atoms with Gasteiger partial charge in [-0.3, -0.25) is 14.9 Å². The highest BCUT2D eigenvalue weighted by Crippen LogP contribution is 2.29. The van der Waals surface area contributed by atoms with E-state index in [1.54, 1.807) is 25.1 Å². The lowest BCUT2D eigenvalue weighted by molar-refractivity contribution is -0.122. The van der Waals surface area contributed by atoms with E-state index in [-0.39, 0.29) is 16.9 Å². The maximum absolute atomic E-state index is 12.8. The molecule has 0 aromatic heterocycles. The molecule has 1 saturated heterocycles. The molecule has 0 bridgehead atoms. The lowest BCUT2D eigenvalue weighted by atomic mass is 10.1. The van der Waals surface area contributed by atoms with Crippen LogP contribution >= 0.6 is 27.5 Å². The predicted molar refractivity (Wildman–Crippen MR) is 101 cm³/mol. The molecule has 0 spiro atoms. The summed E-state index contributed by atoms with van der Waals surface area (Å²) in [7, 11) is 0. The number of phenols is 1. The zero-order valence-corrected chi connectivity index (χ0v) is 15.8. The first-order chi connectivity index (χ1) is 12.3. The fourth-order valence-electron chi connectivity index (χ4n) is 2.54. The maximum atomic E-state index is 12.8. The lowest BCUT2D eigenvalue weighted by Gasteiger charge is -2.27. The minimum atomic E-state index is -0.842. The van der Waals surface area contributed by atoms with Crippen molar-refractivity contribution in [1.29, 1.82) is 0 Å². The number of urea groups is 1. The van der Waals surface area contributed by atoms with Crippen LogP contribution in [-0.4, -0.2) is 23.0 Å². The molecule has 1 heterocycles. The molecule has 0 atom stereocenters. The highest BCUT2D eigenvalue weighted by molar-refractivity contribution is 9.10. The fraction of sp³-hybridized carbons (Fsp3) is 0.0556. The van der Waals surface area contributed by atoms with Gasteiger partial charge in [0.25, 0.3) is 11.8 Å². The molecule has 1 aliphatic heterocycles. The second kappa shape index (κ2) is 6.93. The normalized spacial score (nSPS) is 16.2. The zero-order chi connectivity index (χ0) is 19.0. The van der Waals surface area contributed by atoms with Crippen molar-refractivity contribution in [1.82, 2.24) is 5.32 Å². The van der Waals surface area contributed by atoms with Crippen molar-refractivity contribution in [3.63, 3.8) is 0 Å². The average Bonchev–Trinajstić information content (AvgIpc) is 2.56. The second-order valence-electron chi connectivity index (χ2n) is 5.59. The summed E-state index contributed by atoms with van der Waals surface area (Å²) >= 11 is 9.22. The van der Waals surface area contributed by atoms with Crippen LogP contribution in [0.2, 0.25) is 5.02 Å². The number of barbiturate groups is 1. The number of aryl methyl sites for hydroxylation is 1. The quantitative estimate of drug-likeness (QED) is 0.555. The van der Waals surface area contributed by atoms with Gasteiger partial charge in [-0.15, -0.1) is 0 Å². The number of aromatic hydroxyl groups is 1. The average molecular weight is 436 g/mol. The van der Waals surface area contributed by atoms with E-state index in [4.69, 9.17) is 11.6 Å². The van der Waals surface area contributed by atoms with Gasteiger partial charge in [0.1, 0.15) is 11.3 Å². The van der Waals surface area contributed by atoms with Crippen molar-refractivity contribution in [3.8, 4) is 5.75 Å². The summed E-state index contributed by atoms with van der Waals surface area (Å²) in [5, 5.41) is 12.4. The number of hydrogen-bond donors (Lipinski definition) is 2. The number of benzene rings is 2. The first kappa shape index (κ1) is 18.2. The van der Waals surface area contributed by atoms with Gasteiger partial charge in [-0.05, 0) is 55.0 Å². The summed E-state index contributed by atoms with van der Waals surface area (Å²) in [4.78, 5) is 38.1. The molecule has 2 aromatic rings. The molecule has 3 rings (SSSR count). The Labute approximate surface area is 162 Å². The Kier molecular flexibility index (Phi) is 4.84. The smallest absolute Gasteiger partial charge is 0.335 e. The molecule has 4 amide bonds. The van der Waals surface area contributed by atoms with Gasteiger partial charge in [0.2, 0.25) is 0 Å². The number of rotatable bonds is 2. The fourth-order valence-corrected chi connectivity index (χ4v) is 3.20. The van der Waals surface area contributed by atoms with Crippen molar-refractivity contribution in [2.24, 2.45) is 0 Å². The van der Waals surface area contributed by atoms with Crippen molar-refractivity contribution in [3.05, 3.63) is 62.6 Å².